The summed E-state index contributed by atoms with van der Waals surface area (Å²) in [5.74, 6) is -0.483. The molecular weight excluding hydrogens is 376 g/mol. The van der Waals surface area contributed by atoms with Crippen LogP contribution in [0.25, 0.3) is 0 Å². The van der Waals surface area contributed by atoms with E-state index in [-0.39, 0.29) is 35.2 Å². The summed E-state index contributed by atoms with van der Waals surface area (Å²) in [6, 6.07) is 12.8. The molecule has 0 spiro atoms. The highest BCUT2D eigenvalue weighted by molar-refractivity contribution is 7.92. The second-order valence-electron chi connectivity index (χ2n) is 5.48. The van der Waals surface area contributed by atoms with E-state index in [2.05, 4.69) is 5.32 Å². The number of amides is 1. The van der Waals surface area contributed by atoms with E-state index in [1.165, 1.54) is 22.5 Å². The lowest BCUT2D eigenvalue weighted by atomic mass is 10.2. The number of halogens is 1. The van der Waals surface area contributed by atoms with Crippen molar-refractivity contribution in [1.29, 1.82) is 0 Å². The molecule has 0 unspecified atom stereocenters. The molecule has 26 heavy (non-hydrogen) atoms. The van der Waals surface area contributed by atoms with E-state index in [9.17, 15) is 13.2 Å². The molecule has 0 saturated heterocycles. The van der Waals surface area contributed by atoms with E-state index >= 15 is 0 Å². The number of nitrogens with one attached hydrogen (secondary N) is 1. The molecule has 6 nitrogen and oxygen atoms in total. The van der Waals surface area contributed by atoms with Crippen molar-refractivity contribution in [1.82, 2.24) is 5.32 Å². The highest BCUT2D eigenvalue weighted by Gasteiger charge is 2.25. The predicted octanol–water partition coefficient (Wildman–Crippen LogP) is 2.67. The Morgan fingerprint density at radius 2 is 1.88 bits per heavy atom. The number of anilines is 1. The maximum Gasteiger partial charge on any atom is 0.264 e. The molecule has 0 radical (unpaired) electrons. The Morgan fingerprint density at radius 1 is 1.19 bits per heavy atom. The lowest BCUT2D eigenvalue weighted by Gasteiger charge is -2.23. The number of aliphatic hydroxyl groups is 1. The van der Waals surface area contributed by atoms with Crippen LogP contribution in [0.1, 0.15) is 23.7 Å². The maximum atomic E-state index is 13.0. The lowest BCUT2D eigenvalue weighted by molar-refractivity contribution is 0.0951. The van der Waals surface area contributed by atoms with Crippen LogP contribution in [0.3, 0.4) is 0 Å². The van der Waals surface area contributed by atoms with Crippen LogP contribution >= 0.6 is 11.6 Å². The van der Waals surface area contributed by atoms with Crippen molar-refractivity contribution in [3.63, 3.8) is 0 Å². The third-order valence-corrected chi connectivity index (χ3v) is 5.95. The maximum absolute atomic E-state index is 13.0. The number of nitrogens with zero attached hydrogens (tertiary/aromatic N) is 1. The van der Waals surface area contributed by atoms with Gasteiger partial charge in [0.05, 0.1) is 21.2 Å². The summed E-state index contributed by atoms with van der Waals surface area (Å²) in [4.78, 5) is 12.2. The Bertz CT molecular complexity index is 857. The van der Waals surface area contributed by atoms with Crippen molar-refractivity contribution in [3.8, 4) is 0 Å². The van der Waals surface area contributed by atoms with Crippen LogP contribution in [0, 0.1) is 0 Å². The van der Waals surface area contributed by atoms with Gasteiger partial charge in [-0.05, 0) is 43.7 Å². The van der Waals surface area contributed by atoms with Crippen LogP contribution in [0.5, 0.6) is 0 Å². The molecule has 0 saturated carbocycles. The first kappa shape index (κ1) is 20.2. The van der Waals surface area contributed by atoms with Crippen molar-refractivity contribution >= 4 is 33.2 Å². The van der Waals surface area contributed by atoms with E-state index in [1.807, 2.05) is 0 Å². The van der Waals surface area contributed by atoms with Crippen LogP contribution in [-0.4, -0.2) is 39.1 Å². The largest absolute Gasteiger partial charge is 0.396 e. The van der Waals surface area contributed by atoms with Gasteiger partial charge in [0.2, 0.25) is 0 Å². The molecule has 0 bridgehead atoms. The lowest BCUT2D eigenvalue weighted by Crippen LogP contribution is -2.31. The first-order chi connectivity index (χ1) is 12.4. The van der Waals surface area contributed by atoms with Crippen molar-refractivity contribution in [2.45, 2.75) is 18.2 Å². The molecule has 2 rings (SSSR count). The molecule has 0 aliphatic rings. The molecule has 0 atom stereocenters. The number of hydrogen-bond donors (Lipinski definition) is 2. The molecule has 8 heteroatoms. The third-order valence-electron chi connectivity index (χ3n) is 3.72. The summed E-state index contributed by atoms with van der Waals surface area (Å²) in [5.41, 5.74) is 0.619. The number of rotatable bonds is 8. The van der Waals surface area contributed by atoms with Crippen LogP contribution in [0.15, 0.2) is 53.4 Å². The van der Waals surface area contributed by atoms with Gasteiger partial charge in [-0.1, -0.05) is 29.8 Å². The number of carbonyl (C=O) groups excluding carboxylic acids is 1. The Labute approximate surface area is 158 Å². The Morgan fingerprint density at radius 3 is 2.50 bits per heavy atom. The predicted molar refractivity (Wildman–Crippen MR) is 102 cm³/mol. The summed E-state index contributed by atoms with van der Waals surface area (Å²) in [6.45, 7) is 2.20. The molecule has 0 aliphatic carbocycles. The molecule has 0 heterocycles. The molecule has 2 aromatic rings. The normalized spacial score (nSPS) is 11.2. The van der Waals surface area contributed by atoms with Gasteiger partial charge in [0.1, 0.15) is 0 Å². The minimum Gasteiger partial charge on any atom is -0.396 e. The molecule has 2 N–H and O–H groups in total. The fourth-order valence-corrected chi connectivity index (χ4v) is 4.13. The summed E-state index contributed by atoms with van der Waals surface area (Å²) in [6.07, 6.45) is 0.402. The fraction of sp³-hybridized carbons (Fsp3) is 0.278. The van der Waals surface area contributed by atoms with Gasteiger partial charge in [0.25, 0.3) is 15.9 Å². The van der Waals surface area contributed by atoms with Gasteiger partial charge in [-0.2, -0.15) is 0 Å². The van der Waals surface area contributed by atoms with Gasteiger partial charge in [-0.3, -0.25) is 9.10 Å². The minimum atomic E-state index is -3.85. The highest BCUT2D eigenvalue weighted by Crippen LogP contribution is 2.26. The Hall–Kier alpha value is -2.09. The first-order valence-electron chi connectivity index (χ1n) is 8.18. The second kappa shape index (κ2) is 9.02. The van der Waals surface area contributed by atoms with E-state index < -0.39 is 15.9 Å². The van der Waals surface area contributed by atoms with E-state index in [4.69, 9.17) is 16.7 Å². The van der Waals surface area contributed by atoms with Gasteiger partial charge >= 0.3 is 0 Å². The van der Waals surface area contributed by atoms with Crippen LogP contribution in [0.2, 0.25) is 5.02 Å². The van der Waals surface area contributed by atoms with Crippen LogP contribution in [-0.2, 0) is 10.0 Å². The smallest absolute Gasteiger partial charge is 0.264 e. The van der Waals surface area contributed by atoms with Crippen molar-refractivity contribution in [3.05, 3.63) is 59.1 Å². The van der Waals surface area contributed by atoms with E-state index in [0.717, 1.165) is 0 Å². The fourth-order valence-electron chi connectivity index (χ4n) is 2.43. The zero-order chi connectivity index (χ0) is 19.2. The number of benzene rings is 2. The van der Waals surface area contributed by atoms with Crippen molar-refractivity contribution in [2.24, 2.45) is 0 Å². The standard InChI is InChI=1S/C18H21ClN2O4S/c1-2-21(14-7-4-3-5-8-14)26(24,25)15-9-10-17(19)16(13-15)18(23)20-11-6-12-22/h3-5,7-10,13,22H,2,6,11-12H2,1H3,(H,20,23). The van der Waals surface area contributed by atoms with Gasteiger partial charge in [0.15, 0.2) is 0 Å². The topological polar surface area (TPSA) is 86.7 Å². The van der Waals surface area contributed by atoms with Crippen molar-refractivity contribution in [2.75, 3.05) is 24.0 Å². The molecular formula is C18H21ClN2O4S. The number of sulfonamides is 1. The summed E-state index contributed by atoms with van der Waals surface area (Å²) in [5, 5.41) is 11.6. The molecule has 0 aromatic heterocycles. The number of para-hydroxylation sites is 1. The van der Waals surface area contributed by atoms with Crippen molar-refractivity contribution < 1.29 is 18.3 Å². The SMILES string of the molecule is CCN(c1ccccc1)S(=O)(=O)c1ccc(Cl)c(C(=O)NCCCO)c1. The third kappa shape index (κ3) is 4.55. The monoisotopic (exact) mass is 396 g/mol. The van der Waals surface area contributed by atoms with E-state index in [0.29, 0.717) is 12.1 Å². The quantitative estimate of drug-likeness (QED) is 0.671. The summed E-state index contributed by atoms with van der Waals surface area (Å²) < 4.78 is 27.3. The Balaban J connectivity index is 2.38. The van der Waals surface area contributed by atoms with Gasteiger partial charge in [-0.15, -0.1) is 0 Å². The van der Waals surface area contributed by atoms with Gasteiger partial charge in [0, 0.05) is 19.7 Å². The zero-order valence-corrected chi connectivity index (χ0v) is 15.9. The van der Waals surface area contributed by atoms with Crippen LogP contribution in [0.4, 0.5) is 5.69 Å². The molecule has 0 aliphatic heterocycles. The minimum absolute atomic E-state index is 0.0140. The highest BCUT2D eigenvalue weighted by atomic mass is 35.5. The molecule has 2 aromatic carbocycles. The zero-order valence-electron chi connectivity index (χ0n) is 14.4. The molecule has 0 fully saturated rings. The second-order valence-corrected chi connectivity index (χ2v) is 7.75. The van der Waals surface area contributed by atoms with Crippen LogP contribution < -0.4 is 9.62 Å². The summed E-state index contributed by atoms with van der Waals surface area (Å²) in [7, 11) is -3.85. The number of carbonyl (C=O) groups is 1. The molecule has 1 amide bonds. The number of aliphatic hydroxyl groups excluding tert-OH is 1. The summed E-state index contributed by atoms with van der Waals surface area (Å²) >= 11 is 6.07. The average molecular weight is 397 g/mol. The number of hydrogen-bond acceptors (Lipinski definition) is 4. The molecule has 140 valence electrons. The van der Waals surface area contributed by atoms with Gasteiger partial charge in [-0.25, -0.2) is 8.42 Å². The first-order valence-corrected chi connectivity index (χ1v) is 10.00. The van der Waals surface area contributed by atoms with E-state index in [1.54, 1.807) is 37.3 Å². The van der Waals surface area contributed by atoms with Gasteiger partial charge < -0.3 is 10.4 Å². The average Bonchev–Trinajstić information content (AvgIpc) is 2.63. The Kier molecular flexibility index (Phi) is 7.02.